The van der Waals surface area contributed by atoms with Crippen molar-refractivity contribution in [3.8, 4) is 22.4 Å². The second-order valence-corrected chi connectivity index (χ2v) is 11.0. The van der Waals surface area contributed by atoms with Gasteiger partial charge in [-0.15, -0.1) is 0 Å². The van der Waals surface area contributed by atoms with Crippen LogP contribution in [0.4, 0.5) is 5.69 Å². The van der Waals surface area contributed by atoms with Crippen LogP contribution in [0.1, 0.15) is 16.7 Å². The molecule has 2 aromatic carbocycles. The summed E-state index contributed by atoms with van der Waals surface area (Å²) < 4.78 is 0. The van der Waals surface area contributed by atoms with Crippen molar-refractivity contribution in [1.82, 2.24) is 19.8 Å². The topological polar surface area (TPSA) is 55.5 Å². The van der Waals surface area contributed by atoms with Gasteiger partial charge in [-0.2, -0.15) is 0 Å². The second-order valence-electron chi connectivity index (χ2n) is 11.0. The van der Waals surface area contributed by atoms with Crippen LogP contribution in [-0.4, -0.2) is 79.4 Å². The second kappa shape index (κ2) is 11.6. The van der Waals surface area contributed by atoms with E-state index >= 15 is 0 Å². The van der Waals surface area contributed by atoms with Crippen LogP contribution < -0.4 is 4.90 Å². The van der Waals surface area contributed by atoms with Crippen LogP contribution in [0.2, 0.25) is 0 Å². The molecule has 6 nitrogen and oxygen atoms in total. The number of aryl methyl sites for hydroxylation is 1. The number of rotatable bonds is 9. The number of aromatic nitrogens is 2. The number of H-pyrrole nitrogens is 1. The minimum absolute atomic E-state index is 0.0292. The van der Waals surface area contributed by atoms with Gasteiger partial charge in [-0.3, -0.25) is 4.79 Å². The number of nitrogens with one attached hydrogen (secondary N) is 1. The zero-order chi connectivity index (χ0) is 27.5. The molecule has 202 valence electrons. The third-order valence-electron chi connectivity index (χ3n) is 7.81. The fourth-order valence-corrected chi connectivity index (χ4v) is 5.30. The maximum absolute atomic E-state index is 12.2. The average Bonchev–Trinajstić information content (AvgIpc) is 3.32. The third kappa shape index (κ3) is 5.97. The number of ketones is 1. The number of anilines is 1. The lowest BCUT2D eigenvalue weighted by molar-refractivity contribution is -0.114. The van der Waals surface area contributed by atoms with E-state index in [9.17, 15) is 4.79 Å². The molecule has 1 saturated heterocycles. The highest BCUT2D eigenvalue weighted by Crippen LogP contribution is 2.39. The fraction of sp³-hybridized carbons (Fsp3) is 0.333. The summed E-state index contributed by atoms with van der Waals surface area (Å²) in [6.45, 7) is 10.9. The van der Waals surface area contributed by atoms with Gasteiger partial charge in [0.2, 0.25) is 0 Å². The lowest BCUT2D eigenvalue weighted by atomic mass is 9.93. The molecular formula is C33H39N5O. The third-order valence-corrected chi connectivity index (χ3v) is 7.81. The van der Waals surface area contributed by atoms with Crippen molar-refractivity contribution in [3.05, 3.63) is 84.1 Å². The van der Waals surface area contributed by atoms with Gasteiger partial charge in [-0.1, -0.05) is 36.9 Å². The number of pyridine rings is 1. The Morgan fingerprint density at radius 2 is 1.77 bits per heavy atom. The van der Waals surface area contributed by atoms with E-state index in [2.05, 4.69) is 103 Å². The molecular weight excluding hydrogens is 482 g/mol. The number of carbonyl (C=O) groups excluding carboxylic acids is 1. The van der Waals surface area contributed by atoms with Gasteiger partial charge < -0.3 is 19.7 Å². The van der Waals surface area contributed by atoms with Gasteiger partial charge in [0.25, 0.3) is 0 Å². The quantitative estimate of drug-likeness (QED) is 0.301. The monoisotopic (exact) mass is 521 g/mol. The molecule has 2 aromatic heterocycles. The van der Waals surface area contributed by atoms with Crippen molar-refractivity contribution in [3.63, 3.8) is 0 Å². The molecule has 0 atom stereocenters. The maximum atomic E-state index is 12.2. The molecule has 1 fully saturated rings. The predicted octanol–water partition coefficient (Wildman–Crippen LogP) is 5.36. The SMILES string of the molecule is C=CC(=O)Cc1cc(-c2c(-c3ccc(N4CCN(C)CC4)cc3)[nH]c3ncc(CCN(C)C)cc23)ccc1C. The normalized spacial score (nSPS) is 14.3. The number of carbonyl (C=O) groups is 1. The molecule has 0 bridgehead atoms. The van der Waals surface area contributed by atoms with Crippen molar-refractivity contribution in [2.24, 2.45) is 0 Å². The van der Waals surface area contributed by atoms with Crippen molar-refractivity contribution >= 4 is 22.5 Å². The Kier molecular flexibility index (Phi) is 7.96. The van der Waals surface area contributed by atoms with Crippen LogP contribution in [0, 0.1) is 6.92 Å². The molecule has 1 aliphatic heterocycles. The highest BCUT2D eigenvalue weighted by Gasteiger charge is 2.19. The van der Waals surface area contributed by atoms with Gasteiger partial charge in [0.1, 0.15) is 5.65 Å². The summed E-state index contributed by atoms with van der Waals surface area (Å²) in [4.78, 5) is 27.7. The Balaban J connectivity index is 1.60. The Morgan fingerprint density at radius 1 is 1.05 bits per heavy atom. The lowest BCUT2D eigenvalue weighted by Crippen LogP contribution is -2.44. The number of likely N-dealkylation sites (N-methyl/N-ethyl adjacent to an activating group) is 2. The van der Waals surface area contributed by atoms with Gasteiger partial charge >= 0.3 is 0 Å². The summed E-state index contributed by atoms with van der Waals surface area (Å²) in [5.74, 6) is 0.0292. The van der Waals surface area contributed by atoms with Crippen molar-refractivity contribution < 1.29 is 4.79 Å². The molecule has 1 N–H and O–H groups in total. The standard InChI is InChI=1S/C33H39N5O/c1-6-29(39)21-27-20-26(8-7-23(27)2)31-30-19-24(13-14-36(3)4)22-34-33(30)35-32(31)25-9-11-28(12-10-25)38-17-15-37(5)16-18-38/h6-12,19-20,22H,1,13-18,21H2,2-5H3,(H,34,35). The van der Waals surface area contributed by atoms with Crippen LogP contribution in [0.25, 0.3) is 33.4 Å². The Hall–Kier alpha value is -3.74. The minimum Gasteiger partial charge on any atom is -0.369 e. The minimum atomic E-state index is 0.0292. The van der Waals surface area contributed by atoms with Crippen LogP contribution in [0.15, 0.2) is 67.4 Å². The average molecular weight is 522 g/mol. The summed E-state index contributed by atoms with van der Waals surface area (Å²) in [5, 5.41) is 1.11. The molecule has 0 unspecified atom stereocenters. The zero-order valence-electron chi connectivity index (χ0n) is 23.6. The van der Waals surface area contributed by atoms with Gasteiger partial charge in [0.05, 0.1) is 5.69 Å². The number of fused-ring (bicyclic) bond motifs is 1. The smallest absolute Gasteiger partial charge is 0.159 e. The van der Waals surface area contributed by atoms with Gasteiger partial charge in [0.15, 0.2) is 5.78 Å². The van der Waals surface area contributed by atoms with Crippen LogP contribution >= 0.6 is 0 Å². The summed E-state index contributed by atoms with van der Waals surface area (Å²) >= 11 is 0. The molecule has 0 aliphatic carbocycles. The van der Waals surface area contributed by atoms with Crippen molar-refractivity contribution in [2.75, 3.05) is 58.8 Å². The molecule has 5 rings (SSSR count). The van der Waals surface area contributed by atoms with E-state index < -0.39 is 0 Å². The molecule has 0 amide bonds. The number of piperazine rings is 1. The molecule has 39 heavy (non-hydrogen) atoms. The fourth-order valence-electron chi connectivity index (χ4n) is 5.30. The molecule has 0 radical (unpaired) electrons. The van der Waals surface area contributed by atoms with Gasteiger partial charge in [-0.25, -0.2) is 4.98 Å². The molecule has 0 saturated carbocycles. The van der Waals surface area contributed by atoms with E-state index in [-0.39, 0.29) is 5.78 Å². The number of benzene rings is 2. The number of hydrogen-bond acceptors (Lipinski definition) is 5. The molecule has 6 heteroatoms. The first-order valence-corrected chi connectivity index (χ1v) is 13.8. The van der Waals surface area contributed by atoms with Gasteiger partial charge in [0, 0.05) is 62.0 Å². The predicted molar refractivity (Wildman–Crippen MR) is 163 cm³/mol. The van der Waals surface area contributed by atoms with E-state index in [1.54, 1.807) is 0 Å². The van der Waals surface area contributed by atoms with Crippen LogP contribution in [0.3, 0.4) is 0 Å². The van der Waals surface area contributed by atoms with E-state index in [1.807, 2.05) is 6.20 Å². The summed E-state index contributed by atoms with van der Waals surface area (Å²) in [7, 11) is 6.37. The molecule has 0 spiro atoms. The Bertz CT molecular complexity index is 1480. The van der Waals surface area contributed by atoms with Crippen LogP contribution in [-0.2, 0) is 17.6 Å². The highest BCUT2D eigenvalue weighted by molar-refractivity contribution is 6.03. The summed E-state index contributed by atoms with van der Waals surface area (Å²) in [6.07, 6.45) is 4.68. The lowest BCUT2D eigenvalue weighted by Gasteiger charge is -2.34. The zero-order valence-corrected chi connectivity index (χ0v) is 23.6. The molecule has 4 aromatic rings. The first kappa shape index (κ1) is 26.9. The Labute approximate surface area is 232 Å². The highest BCUT2D eigenvalue weighted by atomic mass is 16.1. The van der Waals surface area contributed by atoms with E-state index in [0.29, 0.717) is 6.42 Å². The summed E-state index contributed by atoms with van der Waals surface area (Å²) in [5.41, 5.74) is 9.87. The van der Waals surface area contributed by atoms with E-state index in [1.165, 1.54) is 17.3 Å². The number of hydrogen-bond donors (Lipinski definition) is 1. The van der Waals surface area contributed by atoms with E-state index in [0.717, 1.165) is 83.7 Å². The van der Waals surface area contributed by atoms with E-state index in [4.69, 9.17) is 4.98 Å². The maximum Gasteiger partial charge on any atom is 0.159 e. The first-order valence-electron chi connectivity index (χ1n) is 13.8. The van der Waals surface area contributed by atoms with Crippen LogP contribution in [0.5, 0.6) is 0 Å². The summed E-state index contributed by atoms with van der Waals surface area (Å²) in [6, 6.07) is 17.6. The molecule has 3 heterocycles. The first-order chi connectivity index (χ1) is 18.8. The van der Waals surface area contributed by atoms with Crippen molar-refractivity contribution in [1.29, 1.82) is 0 Å². The van der Waals surface area contributed by atoms with Gasteiger partial charge in [-0.05, 0) is 86.6 Å². The number of nitrogens with zero attached hydrogens (tertiary/aromatic N) is 4. The number of allylic oxidation sites excluding steroid dienone is 1. The number of aromatic amines is 1. The Morgan fingerprint density at radius 3 is 2.46 bits per heavy atom. The largest absolute Gasteiger partial charge is 0.369 e. The molecule has 1 aliphatic rings. The van der Waals surface area contributed by atoms with Crippen molar-refractivity contribution in [2.45, 2.75) is 19.8 Å².